The van der Waals surface area contributed by atoms with Gasteiger partial charge < -0.3 is 4.57 Å². The summed E-state index contributed by atoms with van der Waals surface area (Å²) in [5.41, 5.74) is 0.438. The summed E-state index contributed by atoms with van der Waals surface area (Å²) < 4.78 is 38.5. The molecule has 16 heavy (non-hydrogen) atoms. The molecule has 0 N–H and O–H groups in total. The van der Waals surface area contributed by atoms with Crippen LogP contribution < -0.4 is 0 Å². The van der Waals surface area contributed by atoms with Crippen LogP contribution >= 0.6 is 0 Å². The molecule has 84 valence electrons. The lowest BCUT2D eigenvalue weighted by Crippen LogP contribution is -2.07. The smallest absolute Gasteiger partial charge is 0.334 e. The predicted octanol–water partition coefficient (Wildman–Crippen LogP) is 2.50. The number of pyridine rings is 1. The van der Waals surface area contributed by atoms with E-state index in [2.05, 4.69) is 9.97 Å². The van der Waals surface area contributed by atoms with E-state index in [0.717, 1.165) is 11.8 Å². The average molecular weight is 227 g/mol. The highest BCUT2D eigenvalue weighted by Gasteiger charge is 2.32. The zero-order valence-corrected chi connectivity index (χ0v) is 8.36. The molecule has 2 aromatic heterocycles. The highest BCUT2D eigenvalue weighted by Crippen LogP contribution is 2.28. The van der Waals surface area contributed by atoms with Crippen LogP contribution in [0.4, 0.5) is 13.2 Å². The first-order chi connectivity index (χ1) is 7.48. The van der Waals surface area contributed by atoms with Gasteiger partial charge in [-0.25, -0.2) is 4.98 Å². The lowest BCUT2D eigenvalue weighted by molar-refractivity contribution is -0.141. The van der Waals surface area contributed by atoms with Crippen molar-refractivity contribution >= 4 is 0 Å². The van der Waals surface area contributed by atoms with Gasteiger partial charge in [-0.2, -0.15) is 13.2 Å². The van der Waals surface area contributed by atoms with Gasteiger partial charge in [0.25, 0.3) is 0 Å². The molecule has 0 aromatic carbocycles. The summed E-state index contributed by atoms with van der Waals surface area (Å²) in [5.74, 6) is 0. The molecule has 0 unspecified atom stereocenters. The minimum absolute atomic E-state index is 0.605. The van der Waals surface area contributed by atoms with Crippen molar-refractivity contribution < 1.29 is 13.2 Å². The summed E-state index contributed by atoms with van der Waals surface area (Å²) in [6, 6.07) is 2.34. The zero-order chi connectivity index (χ0) is 11.8. The highest BCUT2D eigenvalue weighted by atomic mass is 19.4. The molecule has 0 aliphatic rings. The largest absolute Gasteiger partial charge is 0.433 e. The van der Waals surface area contributed by atoms with Crippen LogP contribution in [0.1, 0.15) is 5.69 Å². The lowest BCUT2D eigenvalue weighted by Gasteiger charge is -2.06. The van der Waals surface area contributed by atoms with Crippen LogP contribution in [0.2, 0.25) is 0 Å². The summed E-state index contributed by atoms with van der Waals surface area (Å²) in [5, 5.41) is 0. The molecule has 0 bridgehead atoms. The number of halogens is 3. The second-order valence-corrected chi connectivity index (χ2v) is 3.32. The second kappa shape index (κ2) is 3.62. The standard InChI is InChI=1S/C10H8F3N3/c1-16-6-14-5-8(16)7-2-3-9(15-4-7)10(11,12)13/h2-6H,1H3. The van der Waals surface area contributed by atoms with Gasteiger partial charge in [-0.15, -0.1) is 0 Å². The number of aromatic nitrogens is 3. The van der Waals surface area contributed by atoms with Crippen LogP contribution in [0.3, 0.4) is 0 Å². The highest BCUT2D eigenvalue weighted by molar-refractivity contribution is 5.57. The molecule has 0 saturated carbocycles. The van der Waals surface area contributed by atoms with Crippen molar-refractivity contribution in [2.75, 3.05) is 0 Å². The molecule has 0 radical (unpaired) electrons. The molecule has 0 saturated heterocycles. The first-order valence-corrected chi connectivity index (χ1v) is 4.48. The molecule has 0 spiro atoms. The van der Waals surface area contributed by atoms with Gasteiger partial charge in [-0.05, 0) is 12.1 Å². The Hall–Kier alpha value is -1.85. The van der Waals surface area contributed by atoms with Gasteiger partial charge in [0.05, 0.1) is 18.2 Å². The number of rotatable bonds is 1. The molecular formula is C10H8F3N3. The molecule has 6 heteroatoms. The Labute approximate surface area is 89.6 Å². The minimum atomic E-state index is -4.40. The first-order valence-electron chi connectivity index (χ1n) is 4.48. The normalized spacial score (nSPS) is 11.8. The van der Waals surface area contributed by atoms with Gasteiger partial charge in [-0.1, -0.05) is 0 Å². The Morgan fingerprint density at radius 2 is 1.94 bits per heavy atom. The monoisotopic (exact) mass is 227 g/mol. The molecule has 2 rings (SSSR count). The van der Waals surface area contributed by atoms with Gasteiger partial charge >= 0.3 is 6.18 Å². The quantitative estimate of drug-likeness (QED) is 0.749. The van der Waals surface area contributed by atoms with Gasteiger partial charge in [0.15, 0.2) is 0 Å². The number of alkyl halides is 3. The fraction of sp³-hybridized carbons (Fsp3) is 0.200. The number of imidazole rings is 1. The fourth-order valence-corrected chi connectivity index (χ4v) is 1.35. The maximum Gasteiger partial charge on any atom is 0.433 e. The fourth-order valence-electron chi connectivity index (χ4n) is 1.35. The van der Waals surface area contributed by atoms with E-state index in [1.54, 1.807) is 24.1 Å². The Kier molecular flexibility index (Phi) is 2.41. The van der Waals surface area contributed by atoms with Crippen molar-refractivity contribution in [1.82, 2.24) is 14.5 Å². The summed E-state index contributed by atoms with van der Waals surface area (Å²) in [6.07, 6.45) is -0.0535. The van der Waals surface area contributed by atoms with E-state index in [4.69, 9.17) is 0 Å². The van der Waals surface area contributed by atoms with Gasteiger partial charge in [-0.3, -0.25) is 4.98 Å². The third-order valence-electron chi connectivity index (χ3n) is 2.17. The van der Waals surface area contributed by atoms with E-state index in [1.807, 2.05) is 0 Å². The van der Waals surface area contributed by atoms with Crippen LogP contribution in [-0.2, 0) is 13.2 Å². The van der Waals surface area contributed by atoms with Crippen molar-refractivity contribution in [3.63, 3.8) is 0 Å². The van der Waals surface area contributed by atoms with E-state index < -0.39 is 11.9 Å². The van der Waals surface area contributed by atoms with Crippen LogP contribution in [0, 0.1) is 0 Å². The first kappa shape index (κ1) is 10.7. The Morgan fingerprint density at radius 1 is 1.19 bits per heavy atom. The van der Waals surface area contributed by atoms with Crippen LogP contribution in [0.25, 0.3) is 11.3 Å². The summed E-state index contributed by atoms with van der Waals surface area (Å²) in [4.78, 5) is 7.26. The molecule has 0 amide bonds. The maximum absolute atomic E-state index is 12.3. The Morgan fingerprint density at radius 3 is 2.38 bits per heavy atom. The zero-order valence-electron chi connectivity index (χ0n) is 8.36. The topological polar surface area (TPSA) is 30.7 Å². The van der Waals surface area contributed by atoms with E-state index >= 15 is 0 Å². The molecule has 3 nitrogen and oxygen atoms in total. The molecule has 0 aliphatic heterocycles. The molecule has 2 aromatic rings. The third-order valence-corrected chi connectivity index (χ3v) is 2.17. The summed E-state index contributed by atoms with van der Waals surface area (Å²) in [7, 11) is 1.76. The molecule has 2 heterocycles. The van der Waals surface area contributed by atoms with Crippen molar-refractivity contribution in [3.05, 3.63) is 36.5 Å². The van der Waals surface area contributed by atoms with Crippen molar-refractivity contribution in [1.29, 1.82) is 0 Å². The predicted molar refractivity (Wildman–Crippen MR) is 51.4 cm³/mol. The van der Waals surface area contributed by atoms with Crippen molar-refractivity contribution in [2.24, 2.45) is 7.05 Å². The minimum Gasteiger partial charge on any atom is -0.334 e. The number of hydrogen-bond acceptors (Lipinski definition) is 2. The van der Waals surface area contributed by atoms with Crippen molar-refractivity contribution in [3.8, 4) is 11.3 Å². The Balaban J connectivity index is 2.37. The lowest BCUT2D eigenvalue weighted by atomic mass is 10.2. The van der Waals surface area contributed by atoms with Crippen LogP contribution in [0.5, 0.6) is 0 Å². The van der Waals surface area contributed by atoms with Crippen LogP contribution in [0.15, 0.2) is 30.9 Å². The number of nitrogens with zero attached hydrogens (tertiary/aromatic N) is 3. The number of hydrogen-bond donors (Lipinski definition) is 0. The van der Waals surface area contributed by atoms with Gasteiger partial charge in [0.2, 0.25) is 0 Å². The van der Waals surface area contributed by atoms with Crippen LogP contribution in [-0.4, -0.2) is 14.5 Å². The van der Waals surface area contributed by atoms with E-state index in [9.17, 15) is 13.2 Å². The van der Waals surface area contributed by atoms with E-state index in [0.29, 0.717) is 5.56 Å². The van der Waals surface area contributed by atoms with Gasteiger partial charge in [0, 0.05) is 18.8 Å². The molecule has 0 fully saturated rings. The van der Waals surface area contributed by atoms with Gasteiger partial charge in [0.1, 0.15) is 5.69 Å². The Bertz CT molecular complexity index is 485. The molecular weight excluding hydrogens is 219 g/mol. The molecule has 0 aliphatic carbocycles. The van der Waals surface area contributed by atoms with Crippen molar-refractivity contribution in [2.45, 2.75) is 6.18 Å². The SMILES string of the molecule is Cn1cncc1-c1ccc(C(F)(F)F)nc1. The molecule has 0 atom stereocenters. The third kappa shape index (κ3) is 1.91. The average Bonchev–Trinajstić information content (AvgIpc) is 2.63. The van der Waals surface area contributed by atoms with E-state index in [-0.39, 0.29) is 0 Å². The summed E-state index contributed by atoms with van der Waals surface area (Å²) >= 11 is 0. The van der Waals surface area contributed by atoms with E-state index in [1.165, 1.54) is 12.3 Å². The number of aryl methyl sites for hydroxylation is 1. The second-order valence-electron chi connectivity index (χ2n) is 3.32. The summed E-state index contributed by atoms with van der Waals surface area (Å²) in [6.45, 7) is 0. The maximum atomic E-state index is 12.3.